The van der Waals surface area contributed by atoms with Gasteiger partial charge in [-0.05, 0) is 24.3 Å². The van der Waals surface area contributed by atoms with Crippen molar-refractivity contribution in [3.05, 3.63) is 69.8 Å². The van der Waals surface area contributed by atoms with Crippen molar-refractivity contribution in [2.75, 3.05) is 0 Å². The molecule has 14 heteroatoms. The molecule has 2 aliphatic heterocycles. The number of phenolic OH excluding ortho intramolecular Hbond substituents is 10. The van der Waals surface area contributed by atoms with Crippen molar-refractivity contribution in [2.45, 2.75) is 43.7 Å². The lowest BCUT2D eigenvalue weighted by Gasteiger charge is -2.33. The number of aliphatic hydroxyl groups excluding tert-OH is 2. The van der Waals surface area contributed by atoms with Crippen LogP contribution in [0.1, 0.15) is 45.6 Å². The molecule has 0 radical (unpaired) electrons. The summed E-state index contributed by atoms with van der Waals surface area (Å²) in [5.74, 6) is -6.20. The summed E-state index contributed by atoms with van der Waals surface area (Å²) in [5.41, 5.74) is 0.229. The van der Waals surface area contributed by atoms with Gasteiger partial charge in [-0.2, -0.15) is 0 Å². The summed E-state index contributed by atoms with van der Waals surface area (Å²) in [4.78, 5) is 0. The molecule has 2 heterocycles. The van der Waals surface area contributed by atoms with E-state index in [1.54, 1.807) is 0 Å². The van der Waals surface area contributed by atoms with Gasteiger partial charge in [0.1, 0.15) is 34.5 Å². The summed E-state index contributed by atoms with van der Waals surface area (Å²) in [6.45, 7) is 0. The molecule has 236 valence electrons. The van der Waals surface area contributed by atoms with Gasteiger partial charge in [0.15, 0.2) is 46.7 Å². The standard InChI is InChI=1S/C31H28O14/c32-16-8-17(33)14-6-23(39)30(11-3-21(37)28(43)22(38)4-11)45-31(14)13(16)5-12-18(34)9-25-15(26(12)41)7-24(40)29(44-25)10-1-19(35)27(42)20(36)2-10/h1-4,8-9,23-24,29-30,32-43H,5-7H2/t23-,24-,29-,30-/m1/s1. The molecular formula is C31H28O14. The lowest BCUT2D eigenvalue weighted by molar-refractivity contribution is 0.0188. The Bertz CT molecular complexity index is 1810. The minimum Gasteiger partial charge on any atom is -0.507 e. The Hall–Kier alpha value is -5.60. The molecule has 0 aliphatic carbocycles. The van der Waals surface area contributed by atoms with Crippen molar-refractivity contribution in [2.24, 2.45) is 0 Å². The smallest absolute Gasteiger partial charge is 0.200 e. The van der Waals surface area contributed by atoms with E-state index in [-0.39, 0.29) is 64.1 Å². The summed E-state index contributed by atoms with van der Waals surface area (Å²) in [6, 6.07) is 6.49. The Morgan fingerprint density at radius 1 is 0.489 bits per heavy atom. The van der Waals surface area contributed by atoms with Crippen LogP contribution in [-0.2, 0) is 19.3 Å². The molecule has 0 spiro atoms. The van der Waals surface area contributed by atoms with Crippen molar-refractivity contribution in [1.82, 2.24) is 0 Å². The van der Waals surface area contributed by atoms with Crippen molar-refractivity contribution < 1.29 is 70.8 Å². The maximum Gasteiger partial charge on any atom is 0.200 e. The Morgan fingerprint density at radius 2 is 0.956 bits per heavy atom. The fraction of sp³-hybridized carbons (Fsp3) is 0.226. The van der Waals surface area contributed by atoms with E-state index in [1.807, 2.05) is 0 Å². The minimum absolute atomic E-state index is 0.0114. The van der Waals surface area contributed by atoms with Gasteiger partial charge in [0.25, 0.3) is 0 Å². The van der Waals surface area contributed by atoms with E-state index in [1.165, 1.54) is 6.07 Å². The highest BCUT2D eigenvalue weighted by molar-refractivity contribution is 5.64. The summed E-state index contributed by atoms with van der Waals surface area (Å²) >= 11 is 0. The lowest BCUT2D eigenvalue weighted by atomic mass is 9.88. The first kappa shape index (κ1) is 29.5. The maximum atomic E-state index is 11.2. The fourth-order valence-corrected chi connectivity index (χ4v) is 5.81. The third-order valence-corrected chi connectivity index (χ3v) is 8.10. The van der Waals surface area contributed by atoms with Crippen LogP contribution in [0, 0.1) is 0 Å². The molecule has 2 aliphatic rings. The van der Waals surface area contributed by atoms with E-state index in [0.29, 0.717) is 0 Å². The highest BCUT2D eigenvalue weighted by Gasteiger charge is 2.37. The van der Waals surface area contributed by atoms with Crippen LogP contribution in [-0.4, -0.2) is 73.5 Å². The minimum atomic E-state index is -1.32. The summed E-state index contributed by atoms with van der Waals surface area (Å²) in [6.07, 6.45) is -5.83. The SMILES string of the molecule is Oc1cc([C@H]2Oc3cc(O)c(Cc4c(O)cc(O)c5c4O[C@H](c4cc(O)c(O)c(O)c4)[C@H](O)C5)c(O)c3C[C@H]2O)cc(O)c1O. The van der Waals surface area contributed by atoms with Gasteiger partial charge in [-0.15, -0.1) is 0 Å². The first-order chi connectivity index (χ1) is 21.2. The van der Waals surface area contributed by atoms with E-state index >= 15 is 0 Å². The van der Waals surface area contributed by atoms with Gasteiger partial charge in [-0.1, -0.05) is 0 Å². The predicted octanol–water partition coefficient (Wildman–Crippen LogP) is 2.41. The predicted molar refractivity (Wildman–Crippen MR) is 151 cm³/mol. The fourth-order valence-electron chi connectivity index (χ4n) is 5.81. The van der Waals surface area contributed by atoms with Gasteiger partial charge in [-0.3, -0.25) is 0 Å². The number of benzene rings is 4. The third-order valence-electron chi connectivity index (χ3n) is 8.10. The summed E-state index contributed by atoms with van der Waals surface area (Å²) in [7, 11) is 0. The number of rotatable bonds is 4. The average Bonchev–Trinajstić information content (AvgIpc) is 2.98. The van der Waals surface area contributed by atoms with Gasteiger partial charge in [0, 0.05) is 64.8 Å². The monoisotopic (exact) mass is 624 g/mol. The second kappa shape index (κ2) is 10.5. The van der Waals surface area contributed by atoms with Crippen LogP contribution >= 0.6 is 0 Å². The van der Waals surface area contributed by atoms with E-state index in [2.05, 4.69) is 0 Å². The number of ether oxygens (including phenoxy) is 2. The van der Waals surface area contributed by atoms with Gasteiger partial charge in [-0.25, -0.2) is 0 Å². The zero-order valence-electron chi connectivity index (χ0n) is 23.1. The van der Waals surface area contributed by atoms with Gasteiger partial charge < -0.3 is 70.8 Å². The third kappa shape index (κ3) is 4.85. The molecule has 0 unspecified atom stereocenters. The second-order valence-electron chi connectivity index (χ2n) is 11.0. The van der Waals surface area contributed by atoms with Crippen molar-refractivity contribution >= 4 is 0 Å². The van der Waals surface area contributed by atoms with Gasteiger partial charge in [0.05, 0.1) is 12.2 Å². The van der Waals surface area contributed by atoms with E-state index in [4.69, 9.17) is 9.47 Å². The van der Waals surface area contributed by atoms with Crippen molar-refractivity contribution in [3.8, 4) is 69.0 Å². The first-order valence-electron chi connectivity index (χ1n) is 13.6. The molecule has 12 N–H and O–H groups in total. The summed E-state index contributed by atoms with van der Waals surface area (Å²) in [5, 5.41) is 124. The van der Waals surface area contributed by atoms with E-state index in [0.717, 1.165) is 30.3 Å². The molecule has 14 nitrogen and oxygen atoms in total. The Labute approximate surface area is 253 Å². The Kier molecular flexibility index (Phi) is 6.90. The van der Waals surface area contributed by atoms with Crippen LogP contribution in [0.3, 0.4) is 0 Å². The lowest BCUT2D eigenvalue weighted by Crippen LogP contribution is -2.31. The van der Waals surface area contributed by atoms with Crippen LogP contribution in [0.2, 0.25) is 0 Å². The topological polar surface area (TPSA) is 261 Å². The molecule has 0 bridgehead atoms. The number of aromatic hydroxyl groups is 10. The van der Waals surface area contributed by atoms with Crippen LogP contribution in [0.25, 0.3) is 0 Å². The molecular weight excluding hydrogens is 596 g/mol. The van der Waals surface area contributed by atoms with E-state index in [9.17, 15) is 61.3 Å². The van der Waals surface area contributed by atoms with Crippen LogP contribution < -0.4 is 9.47 Å². The molecule has 0 fully saturated rings. The van der Waals surface area contributed by atoms with Crippen molar-refractivity contribution in [1.29, 1.82) is 0 Å². The van der Waals surface area contributed by atoms with Crippen LogP contribution in [0.4, 0.5) is 0 Å². The molecule has 0 saturated carbocycles. The van der Waals surface area contributed by atoms with Crippen LogP contribution in [0.15, 0.2) is 36.4 Å². The molecule has 0 saturated heterocycles. The normalized spacial score (nSPS) is 20.5. The number of hydrogen-bond acceptors (Lipinski definition) is 14. The van der Waals surface area contributed by atoms with Crippen LogP contribution in [0.5, 0.6) is 69.0 Å². The van der Waals surface area contributed by atoms with Crippen molar-refractivity contribution in [3.63, 3.8) is 0 Å². The second-order valence-corrected chi connectivity index (χ2v) is 11.0. The molecule has 6 rings (SSSR count). The summed E-state index contributed by atoms with van der Waals surface area (Å²) < 4.78 is 11.8. The molecule has 0 amide bonds. The molecule has 4 atom stereocenters. The maximum absolute atomic E-state index is 11.2. The highest BCUT2D eigenvalue weighted by Crippen LogP contribution is 2.51. The largest absolute Gasteiger partial charge is 0.507 e. The first-order valence-corrected chi connectivity index (χ1v) is 13.6. The molecule has 4 aromatic carbocycles. The quantitative estimate of drug-likeness (QED) is 0.146. The Morgan fingerprint density at radius 3 is 1.49 bits per heavy atom. The number of hydrogen-bond donors (Lipinski definition) is 12. The van der Waals surface area contributed by atoms with Gasteiger partial charge >= 0.3 is 0 Å². The van der Waals surface area contributed by atoms with Gasteiger partial charge in [0.2, 0.25) is 0 Å². The molecule has 45 heavy (non-hydrogen) atoms. The highest BCUT2D eigenvalue weighted by atomic mass is 16.5. The molecule has 0 aromatic heterocycles. The number of aliphatic hydroxyl groups is 2. The molecule has 4 aromatic rings. The van der Waals surface area contributed by atoms with E-state index < -0.39 is 81.9 Å². The zero-order chi connectivity index (χ0) is 32.5. The number of phenols is 10. The number of fused-ring (bicyclic) bond motifs is 2. The average molecular weight is 625 g/mol. The zero-order valence-corrected chi connectivity index (χ0v) is 23.1. The Balaban J connectivity index is 1.37.